The summed E-state index contributed by atoms with van der Waals surface area (Å²) in [6.07, 6.45) is 4.19. The lowest BCUT2D eigenvalue weighted by Gasteiger charge is -2.01. The summed E-state index contributed by atoms with van der Waals surface area (Å²) in [5.41, 5.74) is 0.583. The van der Waals surface area contributed by atoms with Gasteiger partial charge in [-0.2, -0.15) is 0 Å². The monoisotopic (exact) mass is 246 g/mol. The van der Waals surface area contributed by atoms with E-state index in [4.69, 9.17) is 4.74 Å². The van der Waals surface area contributed by atoms with E-state index < -0.39 is 5.97 Å². The number of rotatable bonds is 5. The number of hydrogen-bond acceptors (Lipinski definition) is 4. The summed E-state index contributed by atoms with van der Waals surface area (Å²) in [6, 6.07) is 8.83. The van der Waals surface area contributed by atoms with E-state index in [9.17, 15) is 9.59 Å². The maximum atomic E-state index is 11.7. The molecule has 1 aromatic carbocycles. The standard InChI is InChI=1S/C14H14O4/c1-17-13(14(16)18-2)10-6-9-12(15)11-7-4-3-5-8-11/h3-10H,1-2H3. The van der Waals surface area contributed by atoms with Crippen LogP contribution in [0.5, 0.6) is 0 Å². The zero-order chi connectivity index (χ0) is 13.4. The fourth-order valence-corrected chi connectivity index (χ4v) is 1.24. The number of benzene rings is 1. The Morgan fingerprint density at radius 3 is 2.28 bits per heavy atom. The molecule has 0 aromatic heterocycles. The van der Waals surface area contributed by atoms with Crippen molar-refractivity contribution in [2.45, 2.75) is 0 Å². The Bertz CT molecular complexity index is 472. The zero-order valence-corrected chi connectivity index (χ0v) is 10.3. The first-order valence-corrected chi connectivity index (χ1v) is 5.29. The second-order valence-electron chi connectivity index (χ2n) is 3.32. The van der Waals surface area contributed by atoms with Crippen LogP contribution < -0.4 is 0 Å². The molecule has 1 rings (SSSR count). The molecule has 0 saturated heterocycles. The van der Waals surface area contributed by atoms with Crippen LogP contribution in [0.25, 0.3) is 0 Å². The SMILES string of the molecule is COC(=O)C(=CC=CC(=O)c1ccccc1)OC. The topological polar surface area (TPSA) is 52.6 Å². The van der Waals surface area contributed by atoms with Gasteiger partial charge in [0.25, 0.3) is 0 Å². The molecule has 0 bridgehead atoms. The Morgan fingerprint density at radius 2 is 1.72 bits per heavy atom. The summed E-state index contributed by atoms with van der Waals surface area (Å²) in [6.45, 7) is 0. The molecule has 0 aliphatic carbocycles. The molecule has 0 heterocycles. The van der Waals surface area contributed by atoms with Crippen LogP contribution in [0.3, 0.4) is 0 Å². The molecule has 94 valence electrons. The Morgan fingerprint density at radius 1 is 1.06 bits per heavy atom. The first kappa shape index (κ1) is 13.7. The average molecular weight is 246 g/mol. The lowest BCUT2D eigenvalue weighted by molar-refractivity contribution is -0.139. The molecule has 0 amide bonds. The molecule has 0 fully saturated rings. The van der Waals surface area contributed by atoms with Crippen molar-refractivity contribution in [2.24, 2.45) is 0 Å². The van der Waals surface area contributed by atoms with Gasteiger partial charge in [-0.15, -0.1) is 0 Å². The molecule has 0 radical (unpaired) electrons. The van der Waals surface area contributed by atoms with E-state index in [1.165, 1.54) is 32.4 Å². The number of esters is 1. The maximum absolute atomic E-state index is 11.7. The van der Waals surface area contributed by atoms with Crippen LogP contribution in [0.4, 0.5) is 0 Å². The normalized spacial score (nSPS) is 11.3. The highest BCUT2D eigenvalue weighted by molar-refractivity contribution is 6.04. The second-order valence-corrected chi connectivity index (χ2v) is 3.32. The summed E-state index contributed by atoms with van der Waals surface area (Å²) in [5, 5.41) is 0. The lowest BCUT2D eigenvalue weighted by Crippen LogP contribution is -2.05. The first-order chi connectivity index (χ1) is 8.69. The van der Waals surface area contributed by atoms with Crippen molar-refractivity contribution in [3.8, 4) is 0 Å². The van der Waals surface area contributed by atoms with Crippen LogP contribution in [0.15, 0.2) is 54.3 Å². The van der Waals surface area contributed by atoms with Crippen molar-refractivity contribution in [1.29, 1.82) is 0 Å². The molecule has 1 aromatic rings. The molecule has 0 unspecified atom stereocenters. The molecule has 0 aliphatic rings. The fourth-order valence-electron chi connectivity index (χ4n) is 1.24. The highest BCUT2D eigenvalue weighted by Gasteiger charge is 2.07. The molecular formula is C14H14O4. The van der Waals surface area contributed by atoms with Crippen LogP contribution in [-0.2, 0) is 14.3 Å². The summed E-state index contributed by atoms with van der Waals surface area (Å²) in [4.78, 5) is 22.8. The van der Waals surface area contributed by atoms with Gasteiger partial charge in [0.1, 0.15) is 0 Å². The van der Waals surface area contributed by atoms with E-state index >= 15 is 0 Å². The number of carbonyl (C=O) groups excluding carboxylic acids is 2. The van der Waals surface area contributed by atoms with Crippen molar-refractivity contribution in [3.05, 3.63) is 59.9 Å². The van der Waals surface area contributed by atoms with Gasteiger partial charge < -0.3 is 9.47 Å². The van der Waals surface area contributed by atoms with Gasteiger partial charge in [0.2, 0.25) is 5.76 Å². The van der Waals surface area contributed by atoms with Crippen molar-refractivity contribution in [2.75, 3.05) is 14.2 Å². The highest BCUT2D eigenvalue weighted by Crippen LogP contribution is 2.02. The maximum Gasteiger partial charge on any atom is 0.373 e. The van der Waals surface area contributed by atoms with Gasteiger partial charge in [-0.1, -0.05) is 36.4 Å². The van der Waals surface area contributed by atoms with Gasteiger partial charge in [0.05, 0.1) is 14.2 Å². The van der Waals surface area contributed by atoms with Gasteiger partial charge in [0, 0.05) is 5.56 Å². The van der Waals surface area contributed by atoms with Crippen molar-refractivity contribution in [3.63, 3.8) is 0 Å². The molecule has 0 N–H and O–H groups in total. The van der Waals surface area contributed by atoms with Crippen LogP contribution >= 0.6 is 0 Å². The quantitative estimate of drug-likeness (QED) is 0.262. The van der Waals surface area contributed by atoms with Crippen LogP contribution in [0.2, 0.25) is 0 Å². The number of allylic oxidation sites excluding steroid dienone is 3. The zero-order valence-electron chi connectivity index (χ0n) is 10.3. The number of ketones is 1. The molecule has 4 heteroatoms. The second kappa shape index (κ2) is 7.06. The lowest BCUT2D eigenvalue weighted by atomic mass is 10.1. The molecule has 0 saturated carbocycles. The third kappa shape index (κ3) is 3.90. The third-order valence-electron chi connectivity index (χ3n) is 2.16. The smallest absolute Gasteiger partial charge is 0.373 e. The van der Waals surface area contributed by atoms with Gasteiger partial charge in [-0.25, -0.2) is 4.79 Å². The van der Waals surface area contributed by atoms with Crippen LogP contribution in [-0.4, -0.2) is 26.0 Å². The largest absolute Gasteiger partial charge is 0.490 e. The van der Waals surface area contributed by atoms with Crippen molar-refractivity contribution in [1.82, 2.24) is 0 Å². The molecule has 0 spiro atoms. The van der Waals surface area contributed by atoms with E-state index in [0.29, 0.717) is 5.56 Å². The van der Waals surface area contributed by atoms with Gasteiger partial charge in [0.15, 0.2) is 5.78 Å². The first-order valence-electron chi connectivity index (χ1n) is 5.29. The van der Waals surface area contributed by atoms with Crippen LogP contribution in [0.1, 0.15) is 10.4 Å². The van der Waals surface area contributed by atoms with E-state index in [0.717, 1.165) is 0 Å². The summed E-state index contributed by atoms with van der Waals surface area (Å²) in [5.74, 6) is -0.698. The minimum Gasteiger partial charge on any atom is -0.490 e. The molecular weight excluding hydrogens is 232 g/mol. The summed E-state index contributed by atoms with van der Waals surface area (Å²) < 4.78 is 9.31. The van der Waals surface area contributed by atoms with E-state index in [1.54, 1.807) is 24.3 Å². The Balaban J connectivity index is 2.73. The number of methoxy groups -OCH3 is 2. The predicted molar refractivity (Wildman–Crippen MR) is 67.0 cm³/mol. The number of hydrogen-bond donors (Lipinski definition) is 0. The van der Waals surface area contributed by atoms with Crippen molar-refractivity contribution >= 4 is 11.8 Å². The molecule has 0 atom stereocenters. The Labute approximate surface area is 106 Å². The van der Waals surface area contributed by atoms with Crippen LogP contribution in [0, 0.1) is 0 Å². The molecule has 18 heavy (non-hydrogen) atoms. The fraction of sp³-hybridized carbons (Fsp3) is 0.143. The summed E-state index contributed by atoms with van der Waals surface area (Å²) in [7, 11) is 2.61. The van der Waals surface area contributed by atoms with Gasteiger partial charge in [-0.05, 0) is 12.2 Å². The predicted octanol–water partition coefficient (Wildman–Crippen LogP) is 2.13. The van der Waals surface area contributed by atoms with Gasteiger partial charge >= 0.3 is 5.97 Å². The Hall–Kier alpha value is -2.36. The van der Waals surface area contributed by atoms with E-state index in [2.05, 4.69) is 4.74 Å². The minimum absolute atomic E-state index is 0.0367. The molecule has 4 nitrogen and oxygen atoms in total. The number of ether oxygens (including phenoxy) is 2. The summed E-state index contributed by atoms with van der Waals surface area (Å²) >= 11 is 0. The highest BCUT2D eigenvalue weighted by atomic mass is 16.6. The average Bonchev–Trinajstić information content (AvgIpc) is 2.43. The molecule has 0 aliphatic heterocycles. The van der Waals surface area contributed by atoms with Gasteiger partial charge in [-0.3, -0.25) is 4.79 Å². The minimum atomic E-state index is -0.589. The third-order valence-corrected chi connectivity index (χ3v) is 2.16. The van der Waals surface area contributed by atoms with E-state index in [-0.39, 0.29) is 11.5 Å². The Kier molecular flexibility index (Phi) is 5.38. The van der Waals surface area contributed by atoms with Crippen molar-refractivity contribution < 1.29 is 19.1 Å². The number of carbonyl (C=O) groups is 2. The van der Waals surface area contributed by atoms with E-state index in [1.807, 2.05) is 6.07 Å².